The third-order valence-corrected chi connectivity index (χ3v) is 4.09. The second-order valence-corrected chi connectivity index (χ2v) is 5.85. The Bertz CT molecular complexity index is 804. The summed E-state index contributed by atoms with van der Waals surface area (Å²) < 4.78 is 0. The fraction of sp³-hybridized carbons (Fsp3) is 0.136. The fourth-order valence-electron chi connectivity index (χ4n) is 2.83. The van der Waals surface area contributed by atoms with Crippen LogP contribution in [0.25, 0.3) is 0 Å². The molecule has 0 heterocycles. The minimum Gasteiger partial charge on any atom is -0.306 e. The lowest BCUT2D eigenvalue weighted by atomic mass is 9.98. The van der Waals surface area contributed by atoms with Crippen LogP contribution in [0.4, 0.5) is 0 Å². The SMILES string of the molecule is N#Cc1cccc(CN[C@H](Cc2ccccc2)c2ccccc2)c1. The van der Waals surface area contributed by atoms with Crippen LogP contribution >= 0.6 is 0 Å². The Morgan fingerprint density at radius 3 is 2.17 bits per heavy atom. The molecule has 0 aliphatic heterocycles. The van der Waals surface area contributed by atoms with E-state index < -0.39 is 0 Å². The Morgan fingerprint density at radius 2 is 1.46 bits per heavy atom. The largest absolute Gasteiger partial charge is 0.306 e. The van der Waals surface area contributed by atoms with E-state index in [-0.39, 0.29) is 6.04 Å². The Morgan fingerprint density at radius 1 is 0.792 bits per heavy atom. The molecular formula is C22H20N2. The van der Waals surface area contributed by atoms with E-state index in [1.165, 1.54) is 11.1 Å². The van der Waals surface area contributed by atoms with Crippen LogP contribution in [0.1, 0.15) is 28.3 Å². The smallest absolute Gasteiger partial charge is 0.0991 e. The molecule has 3 aromatic carbocycles. The summed E-state index contributed by atoms with van der Waals surface area (Å²) in [6.45, 7) is 0.738. The average Bonchev–Trinajstić information content (AvgIpc) is 2.67. The average molecular weight is 312 g/mol. The van der Waals surface area contributed by atoms with Gasteiger partial charge < -0.3 is 5.32 Å². The van der Waals surface area contributed by atoms with E-state index in [1.807, 2.05) is 30.3 Å². The lowest BCUT2D eigenvalue weighted by Gasteiger charge is -2.20. The number of nitrogens with zero attached hydrogens (tertiary/aromatic N) is 1. The first-order chi connectivity index (χ1) is 11.8. The number of rotatable bonds is 6. The molecule has 0 saturated carbocycles. The highest BCUT2D eigenvalue weighted by atomic mass is 14.9. The van der Waals surface area contributed by atoms with Gasteiger partial charge in [-0.15, -0.1) is 0 Å². The van der Waals surface area contributed by atoms with E-state index in [4.69, 9.17) is 5.26 Å². The van der Waals surface area contributed by atoms with Gasteiger partial charge in [0.1, 0.15) is 0 Å². The Kier molecular flexibility index (Phi) is 5.40. The van der Waals surface area contributed by atoms with Crippen LogP contribution in [0.3, 0.4) is 0 Å². The summed E-state index contributed by atoms with van der Waals surface area (Å²) in [5.41, 5.74) is 4.42. The number of benzene rings is 3. The number of hydrogen-bond donors (Lipinski definition) is 1. The Balaban J connectivity index is 1.76. The zero-order valence-electron chi connectivity index (χ0n) is 13.5. The highest BCUT2D eigenvalue weighted by molar-refractivity contribution is 5.33. The van der Waals surface area contributed by atoms with Crippen LogP contribution in [0, 0.1) is 11.3 Å². The van der Waals surface area contributed by atoms with E-state index in [2.05, 4.69) is 66.0 Å². The quantitative estimate of drug-likeness (QED) is 0.720. The summed E-state index contributed by atoms with van der Waals surface area (Å²) in [5.74, 6) is 0. The molecule has 24 heavy (non-hydrogen) atoms. The zero-order chi connectivity index (χ0) is 16.6. The highest BCUT2D eigenvalue weighted by Gasteiger charge is 2.11. The van der Waals surface area contributed by atoms with Gasteiger partial charge in [0.05, 0.1) is 11.6 Å². The first kappa shape index (κ1) is 16.0. The van der Waals surface area contributed by atoms with Gasteiger partial charge in [-0.25, -0.2) is 0 Å². The molecule has 0 bridgehead atoms. The number of hydrogen-bond acceptors (Lipinski definition) is 2. The molecule has 1 atom stereocenters. The molecule has 0 fully saturated rings. The van der Waals surface area contributed by atoms with Gasteiger partial charge in [-0.05, 0) is 35.2 Å². The molecule has 2 heteroatoms. The van der Waals surface area contributed by atoms with Crippen molar-refractivity contribution in [3.63, 3.8) is 0 Å². The lowest BCUT2D eigenvalue weighted by Crippen LogP contribution is -2.23. The van der Waals surface area contributed by atoms with E-state index in [9.17, 15) is 0 Å². The van der Waals surface area contributed by atoms with Gasteiger partial charge in [0.15, 0.2) is 0 Å². The van der Waals surface area contributed by atoms with Gasteiger partial charge in [0.25, 0.3) is 0 Å². The maximum Gasteiger partial charge on any atom is 0.0991 e. The molecule has 2 nitrogen and oxygen atoms in total. The van der Waals surface area contributed by atoms with Gasteiger partial charge in [-0.1, -0.05) is 72.8 Å². The summed E-state index contributed by atoms with van der Waals surface area (Å²) in [4.78, 5) is 0. The van der Waals surface area contributed by atoms with Crippen molar-refractivity contribution in [2.75, 3.05) is 0 Å². The van der Waals surface area contributed by atoms with Crippen LogP contribution in [-0.2, 0) is 13.0 Å². The molecule has 118 valence electrons. The third kappa shape index (κ3) is 4.32. The summed E-state index contributed by atoms with van der Waals surface area (Å²) in [7, 11) is 0. The molecule has 0 unspecified atom stereocenters. The molecular weight excluding hydrogens is 292 g/mol. The Labute approximate surface area is 143 Å². The fourth-order valence-corrected chi connectivity index (χ4v) is 2.83. The predicted octanol–water partition coefficient (Wildman–Crippen LogP) is 4.63. The van der Waals surface area contributed by atoms with E-state index >= 15 is 0 Å². The van der Waals surface area contributed by atoms with Crippen LogP contribution in [0.5, 0.6) is 0 Å². The topological polar surface area (TPSA) is 35.8 Å². The van der Waals surface area contributed by atoms with Crippen molar-refractivity contribution in [3.05, 3.63) is 107 Å². The minimum atomic E-state index is 0.236. The molecule has 0 saturated heterocycles. The Hall–Kier alpha value is -2.89. The normalized spacial score (nSPS) is 11.6. The van der Waals surface area contributed by atoms with Gasteiger partial charge in [0, 0.05) is 12.6 Å². The second-order valence-electron chi connectivity index (χ2n) is 5.85. The third-order valence-electron chi connectivity index (χ3n) is 4.09. The summed E-state index contributed by atoms with van der Waals surface area (Å²) >= 11 is 0. The summed E-state index contributed by atoms with van der Waals surface area (Å²) in [6, 6.07) is 31.2. The van der Waals surface area contributed by atoms with Crippen molar-refractivity contribution in [1.82, 2.24) is 5.32 Å². The van der Waals surface area contributed by atoms with Crippen molar-refractivity contribution in [1.29, 1.82) is 5.26 Å². The van der Waals surface area contributed by atoms with E-state index in [0.29, 0.717) is 5.56 Å². The molecule has 3 aromatic rings. The van der Waals surface area contributed by atoms with E-state index in [0.717, 1.165) is 18.5 Å². The first-order valence-electron chi connectivity index (χ1n) is 8.16. The van der Waals surface area contributed by atoms with Crippen molar-refractivity contribution in [2.24, 2.45) is 0 Å². The molecule has 0 aliphatic carbocycles. The van der Waals surface area contributed by atoms with Crippen molar-refractivity contribution in [2.45, 2.75) is 19.0 Å². The van der Waals surface area contributed by atoms with Gasteiger partial charge in [-0.2, -0.15) is 5.26 Å². The van der Waals surface area contributed by atoms with Crippen LogP contribution in [-0.4, -0.2) is 0 Å². The minimum absolute atomic E-state index is 0.236. The molecule has 0 radical (unpaired) electrons. The maximum absolute atomic E-state index is 9.04. The maximum atomic E-state index is 9.04. The van der Waals surface area contributed by atoms with Gasteiger partial charge >= 0.3 is 0 Å². The molecule has 1 N–H and O–H groups in total. The second kappa shape index (κ2) is 8.10. The lowest BCUT2D eigenvalue weighted by molar-refractivity contribution is 0.530. The van der Waals surface area contributed by atoms with Crippen molar-refractivity contribution < 1.29 is 0 Å². The molecule has 3 rings (SSSR count). The van der Waals surface area contributed by atoms with Gasteiger partial charge in [0.2, 0.25) is 0 Å². The molecule has 0 aliphatic rings. The van der Waals surface area contributed by atoms with Crippen LogP contribution < -0.4 is 5.32 Å². The van der Waals surface area contributed by atoms with E-state index in [1.54, 1.807) is 0 Å². The zero-order valence-corrected chi connectivity index (χ0v) is 13.5. The number of nitrogens with one attached hydrogen (secondary N) is 1. The van der Waals surface area contributed by atoms with Gasteiger partial charge in [-0.3, -0.25) is 0 Å². The standard InChI is InChI=1S/C22H20N2/c23-16-19-10-7-11-20(14-19)17-24-22(21-12-5-2-6-13-21)15-18-8-3-1-4-9-18/h1-14,22,24H,15,17H2/t22-/m1/s1. The van der Waals surface area contributed by atoms with Crippen molar-refractivity contribution in [3.8, 4) is 6.07 Å². The molecule has 0 aromatic heterocycles. The monoisotopic (exact) mass is 312 g/mol. The molecule has 0 amide bonds. The van der Waals surface area contributed by atoms with Crippen LogP contribution in [0.15, 0.2) is 84.9 Å². The number of nitriles is 1. The van der Waals surface area contributed by atoms with Crippen molar-refractivity contribution >= 4 is 0 Å². The first-order valence-corrected chi connectivity index (χ1v) is 8.16. The summed E-state index contributed by atoms with van der Waals surface area (Å²) in [6.07, 6.45) is 0.933. The predicted molar refractivity (Wildman–Crippen MR) is 97.3 cm³/mol. The molecule has 0 spiro atoms. The summed E-state index contributed by atoms with van der Waals surface area (Å²) in [5, 5.41) is 12.7. The van der Waals surface area contributed by atoms with Crippen LogP contribution in [0.2, 0.25) is 0 Å². The highest BCUT2D eigenvalue weighted by Crippen LogP contribution is 2.19.